The van der Waals surface area contributed by atoms with Gasteiger partial charge in [-0.05, 0) is 12.0 Å². The lowest BCUT2D eigenvalue weighted by molar-refractivity contribution is 0.816. The summed E-state index contributed by atoms with van der Waals surface area (Å²) in [6.07, 6.45) is 8.21. The molecule has 0 heterocycles. The average molecular weight is 160 g/mol. The summed E-state index contributed by atoms with van der Waals surface area (Å²) in [6.45, 7) is 2.22. The fourth-order valence-electron chi connectivity index (χ4n) is 1.11. The zero-order valence-electron chi connectivity index (χ0n) is 7.66. The SMILES string of the molecule is CCCC/C=C/c1ccccc1. The van der Waals surface area contributed by atoms with E-state index in [1.165, 1.54) is 24.8 Å². The van der Waals surface area contributed by atoms with Crippen molar-refractivity contribution in [2.75, 3.05) is 0 Å². The van der Waals surface area contributed by atoms with Gasteiger partial charge in [0.2, 0.25) is 0 Å². The molecule has 0 spiro atoms. The molecule has 1 aromatic carbocycles. The van der Waals surface area contributed by atoms with Gasteiger partial charge in [0, 0.05) is 0 Å². The zero-order valence-corrected chi connectivity index (χ0v) is 7.66. The summed E-state index contributed by atoms with van der Waals surface area (Å²) in [6, 6.07) is 10.4. The third kappa shape index (κ3) is 3.38. The van der Waals surface area contributed by atoms with Crippen molar-refractivity contribution in [3.05, 3.63) is 42.0 Å². The Morgan fingerprint density at radius 3 is 2.58 bits per heavy atom. The number of hydrogen-bond donors (Lipinski definition) is 0. The van der Waals surface area contributed by atoms with Crippen molar-refractivity contribution in [2.45, 2.75) is 26.2 Å². The van der Waals surface area contributed by atoms with E-state index in [-0.39, 0.29) is 0 Å². The predicted octanol–water partition coefficient (Wildman–Crippen LogP) is 3.89. The van der Waals surface area contributed by atoms with Crippen LogP contribution in [0.1, 0.15) is 31.7 Å². The molecule has 0 aliphatic carbocycles. The molecule has 0 unspecified atom stereocenters. The molecule has 0 aliphatic heterocycles. The Balaban J connectivity index is 2.36. The van der Waals surface area contributed by atoms with Gasteiger partial charge in [-0.1, -0.05) is 62.2 Å². The van der Waals surface area contributed by atoms with Crippen LogP contribution in [0, 0.1) is 0 Å². The summed E-state index contributed by atoms with van der Waals surface area (Å²) in [4.78, 5) is 0. The summed E-state index contributed by atoms with van der Waals surface area (Å²) >= 11 is 0. The summed E-state index contributed by atoms with van der Waals surface area (Å²) in [5.41, 5.74) is 1.30. The first-order chi connectivity index (χ1) is 5.93. The molecule has 0 bridgehead atoms. The van der Waals surface area contributed by atoms with E-state index in [2.05, 4.69) is 43.3 Å². The highest BCUT2D eigenvalue weighted by Gasteiger charge is 1.81. The summed E-state index contributed by atoms with van der Waals surface area (Å²) < 4.78 is 0. The highest BCUT2D eigenvalue weighted by molar-refractivity contribution is 5.48. The van der Waals surface area contributed by atoms with Gasteiger partial charge in [-0.3, -0.25) is 0 Å². The van der Waals surface area contributed by atoms with Crippen LogP contribution in [0.15, 0.2) is 36.4 Å². The molecule has 1 rings (SSSR count). The second-order valence-corrected chi connectivity index (χ2v) is 2.96. The molecule has 0 heteroatoms. The topological polar surface area (TPSA) is 0 Å². The minimum atomic E-state index is 1.20. The lowest BCUT2D eigenvalue weighted by Gasteiger charge is -1.91. The smallest absolute Gasteiger partial charge is 0.0260 e. The van der Waals surface area contributed by atoms with Crippen LogP contribution in [0.3, 0.4) is 0 Å². The maximum absolute atomic E-state index is 2.25. The first-order valence-electron chi connectivity index (χ1n) is 4.65. The Kier molecular flexibility index (Phi) is 4.22. The lowest BCUT2D eigenvalue weighted by Crippen LogP contribution is -1.69. The Morgan fingerprint density at radius 1 is 1.17 bits per heavy atom. The molecule has 12 heavy (non-hydrogen) atoms. The van der Waals surface area contributed by atoms with Crippen LogP contribution in [0.4, 0.5) is 0 Å². The molecule has 0 N–H and O–H groups in total. The molecule has 0 nitrogen and oxygen atoms in total. The van der Waals surface area contributed by atoms with E-state index < -0.39 is 0 Å². The normalized spacial score (nSPS) is 10.8. The van der Waals surface area contributed by atoms with E-state index in [9.17, 15) is 0 Å². The van der Waals surface area contributed by atoms with Crippen molar-refractivity contribution in [3.63, 3.8) is 0 Å². The van der Waals surface area contributed by atoms with Crippen LogP contribution in [0.25, 0.3) is 6.08 Å². The van der Waals surface area contributed by atoms with E-state index in [0.717, 1.165) is 0 Å². The van der Waals surface area contributed by atoms with Gasteiger partial charge in [-0.25, -0.2) is 0 Å². The van der Waals surface area contributed by atoms with Crippen molar-refractivity contribution in [1.29, 1.82) is 0 Å². The molecule has 0 fully saturated rings. The van der Waals surface area contributed by atoms with Crippen LogP contribution >= 0.6 is 0 Å². The van der Waals surface area contributed by atoms with Crippen LogP contribution in [-0.4, -0.2) is 0 Å². The van der Waals surface area contributed by atoms with Crippen LogP contribution < -0.4 is 0 Å². The van der Waals surface area contributed by atoms with E-state index >= 15 is 0 Å². The van der Waals surface area contributed by atoms with Crippen molar-refractivity contribution in [3.8, 4) is 0 Å². The van der Waals surface area contributed by atoms with Crippen LogP contribution in [0.5, 0.6) is 0 Å². The van der Waals surface area contributed by atoms with E-state index in [4.69, 9.17) is 0 Å². The number of hydrogen-bond acceptors (Lipinski definition) is 0. The molecular weight excluding hydrogens is 144 g/mol. The largest absolute Gasteiger partial charge is 0.0839 e. The molecule has 0 saturated heterocycles. The number of benzene rings is 1. The van der Waals surface area contributed by atoms with Crippen molar-refractivity contribution in [1.82, 2.24) is 0 Å². The highest BCUT2D eigenvalue weighted by Crippen LogP contribution is 2.03. The predicted molar refractivity (Wildman–Crippen MR) is 55.0 cm³/mol. The second kappa shape index (κ2) is 5.59. The molecular formula is C12H16. The molecule has 0 saturated carbocycles. The van der Waals surface area contributed by atoms with Crippen molar-refractivity contribution < 1.29 is 0 Å². The van der Waals surface area contributed by atoms with E-state index in [1.807, 2.05) is 6.07 Å². The molecule has 0 aromatic heterocycles. The van der Waals surface area contributed by atoms with Gasteiger partial charge in [-0.2, -0.15) is 0 Å². The van der Waals surface area contributed by atoms with Gasteiger partial charge >= 0.3 is 0 Å². The molecule has 0 atom stereocenters. The quantitative estimate of drug-likeness (QED) is 0.586. The fourth-order valence-corrected chi connectivity index (χ4v) is 1.11. The fraction of sp³-hybridized carbons (Fsp3) is 0.333. The summed E-state index contributed by atoms with van der Waals surface area (Å²) in [5.74, 6) is 0. The summed E-state index contributed by atoms with van der Waals surface area (Å²) in [7, 11) is 0. The highest BCUT2D eigenvalue weighted by atomic mass is 13.9. The van der Waals surface area contributed by atoms with E-state index in [0.29, 0.717) is 0 Å². The zero-order chi connectivity index (χ0) is 8.65. The van der Waals surface area contributed by atoms with Crippen LogP contribution in [-0.2, 0) is 0 Å². The first-order valence-corrected chi connectivity index (χ1v) is 4.65. The van der Waals surface area contributed by atoms with Gasteiger partial charge in [0.15, 0.2) is 0 Å². The molecule has 0 aliphatic rings. The van der Waals surface area contributed by atoms with Gasteiger partial charge < -0.3 is 0 Å². The van der Waals surface area contributed by atoms with Gasteiger partial charge in [0.25, 0.3) is 0 Å². The molecule has 0 radical (unpaired) electrons. The molecule has 0 amide bonds. The van der Waals surface area contributed by atoms with E-state index in [1.54, 1.807) is 0 Å². The van der Waals surface area contributed by atoms with Crippen molar-refractivity contribution in [2.24, 2.45) is 0 Å². The van der Waals surface area contributed by atoms with Gasteiger partial charge in [0.05, 0.1) is 0 Å². The Morgan fingerprint density at radius 2 is 1.92 bits per heavy atom. The van der Waals surface area contributed by atoms with Crippen molar-refractivity contribution >= 4 is 6.08 Å². The minimum Gasteiger partial charge on any atom is -0.0839 e. The Bertz CT molecular complexity index is 221. The molecule has 64 valence electrons. The van der Waals surface area contributed by atoms with Crippen LogP contribution in [0.2, 0.25) is 0 Å². The maximum atomic E-state index is 2.25. The Hall–Kier alpha value is -1.04. The average Bonchev–Trinajstić information content (AvgIpc) is 2.14. The number of rotatable bonds is 4. The second-order valence-electron chi connectivity index (χ2n) is 2.96. The Labute approximate surface area is 74.9 Å². The van der Waals surface area contributed by atoms with Gasteiger partial charge in [-0.15, -0.1) is 0 Å². The first kappa shape index (κ1) is 9.05. The maximum Gasteiger partial charge on any atom is -0.0260 e. The monoisotopic (exact) mass is 160 g/mol. The standard InChI is InChI=1S/C12H16/c1-2-3-4-6-9-12-10-7-5-8-11-12/h5-11H,2-4H2,1H3/b9-6+. The summed E-state index contributed by atoms with van der Waals surface area (Å²) in [5, 5.41) is 0. The third-order valence-electron chi connectivity index (χ3n) is 1.83. The minimum absolute atomic E-state index is 1.20. The lowest BCUT2D eigenvalue weighted by atomic mass is 10.2. The number of unbranched alkanes of at least 4 members (excludes halogenated alkanes) is 2. The van der Waals surface area contributed by atoms with Gasteiger partial charge in [0.1, 0.15) is 0 Å². The number of allylic oxidation sites excluding steroid dienone is 1. The third-order valence-corrected chi connectivity index (χ3v) is 1.83. The molecule has 1 aromatic rings.